The van der Waals surface area contributed by atoms with E-state index >= 15 is 0 Å². The number of hydrogen-bond acceptors (Lipinski definition) is 5. The molecular weight excluding hydrogens is 382 g/mol. The lowest BCUT2D eigenvalue weighted by Gasteiger charge is -2.12. The summed E-state index contributed by atoms with van der Waals surface area (Å²) in [4.78, 5) is 24.6. The molecule has 1 aliphatic rings. The van der Waals surface area contributed by atoms with Crippen LogP contribution in [0.5, 0.6) is 5.75 Å². The summed E-state index contributed by atoms with van der Waals surface area (Å²) in [5.41, 5.74) is 1.83. The van der Waals surface area contributed by atoms with Gasteiger partial charge in [-0.3, -0.25) is 9.59 Å². The molecule has 7 heteroatoms. The van der Waals surface area contributed by atoms with Gasteiger partial charge in [-0.2, -0.15) is 0 Å². The summed E-state index contributed by atoms with van der Waals surface area (Å²) < 4.78 is 11.0. The second kappa shape index (κ2) is 11.0. The highest BCUT2D eigenvalue weighted by atomic mass is 16.5. The SMILES string of the molecule is C=CCOc1cccc(NCC(=O)Nc2cccc(C(=O)NCC3CCCO3)c2)c1. The molecule has 1 atom stereocenters. The van der Waals surface area contributed by atoms with E-state index in [1.54, 1.807) is 30.3 Å². The molecule has 2 aromatic carbocycles. The first-order valence-corrected chi connectivity index (χ1v) is 10.0. The molecule has 30 heavy (non-hydrogen) atoms. The van der Waals surface area contributed by atoms with Gasteiger partial charge in [-0.1, -0.05) is 24.8 Å². The predicted molar refractivity (Wildman–Crippen MR) is 117 cm³/mol. The number of carbonyl (C=O) groups is 2. The smallest absolute Gasteiger partial charge is 0.251 e. The van der Waals surface area contributed by atoms with Gasteiger partial charge < -0.3 is 25.4 Å². The van der Waals surface area contributed by atoms with Crippen LogP contribution in [0.3, 0.4) is 0 Å². The van der Waals surface area contributed by atoms with Gasteiger partial charge in [0.05, 0.1) is 12.6 Å². The third kappa shape index (κ3) is 6.63. The van der Waals surface area contributed by atoms with Crippen LogP contribution in [0.2, 0.25) is 0 Å². The molecule has 0 saturated carbocycles. The molecule has 3 N–H and O–H groups in total. The first-order chi connectivity index (χ1) is 14.6. The molecular formula is C23H27N3O4. The lowest BCUT2D eigenvalue weighted by atomic mass is 10.1. The molecule has 1 aliphatic heterocycles. The highest BCUT2D eigenvalue weighted by molar-refractivity contribution is 5.98. The molecule has 158 valence electrons. The molecule has 7 nitrogen and oxygen atoms in total. The van der Waals surface area contributed by atoms with Crippen LogP contribution in [0, 0.1) is 0 Å². The average Bonchev–Trinajstić information content (AvgIpc) is 3.29. The molecule has 0 aromatic heterocycles. The maximum atomic E-state index is 12.3. The Hall–Kier alpha value is -3.32. The second-order valence-electron chi connectivity index (χ2n) is 6.96. The fourth-order valence-electron chi connectivity index (χ4n) is 3.09. The molecule has 1 fully saturated rings. The number of ether oxygens (including phenoxy) is 2. The quantitative estimate of drug-likeness (QED) is 0.525. The van der Waals surface area contributed by atoms with E-state index in [1.165, 1.54) is 0 Å². The summed E-state index contributed by atoms with van der Waals surface area (Å²) in [5.74, 6) is 0.294. The number of carbonyl (C=O) groups excluding carboxylic acids is 2. The Balaban J connectivity index is 1.48. The van der Waals surface area contributed by atoms with Crippen LogP contribution in [-0.2, 0) is 9.53 Å². The molecule has 2 amide bonds. The maximum Gasteiger partial charge on any atom is 0.251 e. The molecule has 0 spiro atoms. The van der Waals surface area contributed by atoms with Crippen LogP contribution >= 0.6 is 0 Å². The fourth-order valence-corrected chi connectivity index (χ4v) is 3.09. The zero-order valence-electron chi connectivity index (χ0n) is 16.9. The number of benzene rings is 2. The van der Waals surface area contributed by atoms with Crippen molar-refractivity contribution in [3.05, 3.63) is 66.7 Å². The second-order valence-corrected chi connectivity index (χ2v) is 6.96. The maximum absolute atomic E-state index is 12.3. The van der Waals surface area contributed by atoms with Gasteiger partial charge in [0.2, 0.25) is 5.91 Å². The lowest BCUT2D eigenvalue weighted by Crippen LogP contribution is -2.31. The molecule has 1 saturated heterocycles. The van der Waals surface area contributed by atoms with Crippen LogP contribution < -0.4 is 20.7 Å². The first kappa shape index (κ1) is 21.4. The summed E-state index contributed by atoms with van der Waals surface area (Å²) in [6.07, 6.45) is 3.75. The van der Waals surface area contributed by atoms with Crippen molar-refractivity contribution in [2.45, 2.75) is 18.9 Å². The van der Waals surface area contributed by atoms with E-state index in [1.807, 2.05) is 24.3 Å². The number of amides is 2. The molecule has 0 aliphatic carbocycles. The van der Waals surface area contributed by atoms with Crippen LogP contribution in [0.15, 0.2) is 61.2 Å². The highest BCUT2D eigenvalue weighted by Gasteiger charge is 2.17. The van der Waals surface area contributed by atoms with Gasteiger partial charge in [0.1, 0.15) is 12.4 Å². The minimum atomic E-state index is -0.218. The average molecular weight is 409 g/mol. The van der Waals surface area contributed by atoms with E-state index in [9.17, 15) is 9.59 Å². The summed E-state index contributed by atoms with van der Waals surface area (Å²) in [5, 5.41) is 8.74. The summed E-state index contributed by atoms with van der Waals surface area (Å²) in [6.45, 7) is 5.37. The molecule has 1 heterocycles. The van der Waals surface area contributed by atoms with E-state index in [-0.39, 0.29) is 24.5 Å². The Morgan fingerprint density at radius 1 is 1.17 bits per heavy atom. The van der Waals surface area contributed by atoms with Crippen molar-refractivity contribution in [1.82, 2.24) is 5.32 Å². The van der Waals surface area contributed by atoms with Gasteiger partial charge in [-0.05, 0) is 43.2 Å². The zero-order valence-corrected chi connectivity index (χ0v) is 16.9. The van der Waals surface area contributed by atoms with Gasteiger partial charge in [0.15, 0.2) is 0 Å². The van der Waals surface area contributed by atoms with Gasteiger partial charge in [-0.15, -0.1) is 0 Å². The normalized spacial score (nSPS) is 15.3. The van der Waals surface area contributed by atoms with E-state index in [4.69, 9.17) is 9.47 Å². The predicted octanol–water partition coefficient (Wildman–Crippen LogP) is 3.21. The van der Waals surface area contributed by atoms with Gasteiger partial charge in [0, 0.05) is 36.2 Å². The lowest BCUT2D eigenvalue weighted by molar-refractivity contribution is -0.114. The Morgan fingerprint density at radius 2 is 2.00 bits per heavy atom. The Bertz CT molecular complexity index is 878. The summed E-state index contributed by atoms with van der Waals surface area (Å²) in [7, 11) is 0. The van der Waals surface area contributed by atoms with Crippen LogP contribution in [0.4, 0.5) is 11.4 Å². The van der Waals surface area contributed by atoms with E-state index < -0.39 is 0 Å². The van der Waals surface area contributed by atoms with Crippen molar-refractivity contribution >= 4 is 23.2 Å². The Labute approximate surface area is 176 Å². The van der Waals surface area contributed by atoms with E-state index in [0.29, 0.717) is 30.2 Å². The van der Waals surface area contributed by atoms with E-state index in [2.05, 4.69) is 22.5 Å². The van der Waals surface area contributed by atoms with Crippen molar-refractivity contribution < 1.29 is 19.1 Å². The van der Waals surface area contributed by atoms with Gasteiger partial charge in [0.25, 0.3) is 5.91 Å². The largest absolute Gasteiger partial charge is 0.489 e. The number of anilines is 2. The third-order valence-electron chi connectivity index (χ3n) is 4.58. The van der Waals surface area contributed by atoms with Crippen molar-refractivity contribution in [1.29, 1.82) is 0 Å². The van der Waals surface area contributed by atoms with Crippen LogP contribution in [0.1, 0.15) is 23.2 Å². The third-order valence-corrected chi connectivity index (χ3v) is 4.58. The van der Waals surface area contributed by atoms with Crippen LogP contribution in [-0.4, -0.2) is 44.2 Å². The Morgan fingerprint density at radius 3 is 2.80 bits per heavy atom. The summed E-state index contributed by atoms with van der Waals surface area (Å²) in [6, 6.07) is 14.2. The minimum absolute atomic E-state index is 0.0837. The molecule has 3 rings (SSSR count). The zero-order chi connectivity index (χ0) is 21.2. The van der Waals surface area contributed by atoms with Crippen molar-refractivity contribution in [2.24, 2.45) is 0 Å². The fraction of sp³-hybridized carbons (Fsp3) is 0.304. The molecule has 2 aromatic rings. The molecule has 1 unspecified atom stereocenters. The Kier molecular flexibility index (Phi) is 7.86. The monoisotopic (exact) mass is 409 g/mol. The van der Waals surface area contributed by atoms with Crippen molar-refractivity contribution in [3.63, 3.8) is 0 Å². The number of rotatable bonds is 10. The first-order valence-electron chi connectivity index (χ1n) is 10.0. The van der Waals surface area contributed by atoms with Crippen molar-refractivity contribution in [3.8, 4) is 5.75 Å². The number of nitrogens with one attached hydrogen (secondary N) is 3. The highest BCUT2D eigenvalue weighted by Crippen LogP contribution is 2.17. The van der Waals surface area contributed by atoms with E-state index in [0.717, 1.165) is 25.1 Å². The summed E-state index contributed by atoms with van der Waals surface area (Å²) >= 11 is 0. The van der Waals surface area contributed by atoms with Gasteiger partial charge in [-0.25, -0.2) is 0 Å². The topological polar surface area (TPSA) is 88.7 Å². The standard InChI is InChI=1S/C23H27N3O4/c1-2-11-29-20-9-4-7-18(14-20)24-16-22(27)26-19-8-3-6-17(13-19)23(28)25-15-21-10-5-12-30-21/h2-4,6-9,13-14,21,24H,1,5,10-12,15-16H2,(H,25,28)(H,26,27). The molecule has 0 bridgehead atoms. The minimum Gasteiger partial charge on any atom is -0.489 e. The van der Waals surface area contributed by atoms with Crippen LogP contribution in [0.25, 0.3) is 0 Å². The number of hydrogen-bond donors (Lipinski definition) is 3. The van der Waals surface area contributed by atoms with Crippen molar-refractivity contribution in [2.75, 3.05) is 36.9 Å². The molecule has 0 radical (unpaired) electrons. The van der Waals surface area contributed by atoms with Gasteiger partial charge >= 0.3 is 0 Å².